The number of likely N-dealkylation sites (N-methyl/N-ethyl adjacent to an activating group) is 1. The van der Waals surface area contributed by atoms with Gasteiger partial charge < -0.3 is 25.2 Å². The molecule has 51 heavy (non-hydrogen) atoms. The van der Waals surface area contributed by atoms with Crippen molar-refractivity contribution in [1.82, 2.24) is 20.4 Å². The van der Waals surface area contributed by atoms with Gasteiger partial charge in [0.25, 0.3) is 0 Å². The molecule has 0 bridgehead atoms. The normalized spacial score (nSPS) is 13.3. The van der Waals surface area contributed by atoms with Crippen LogP contribution in [0.15, 0.2) is 66.2 Å². The summed E-state index contributed by atoms with van der Waals surface area (Å²) in [5, 5.41) is 4.75. The highest BCUT2D eigenvalue weighted by Gasteiger charge is 2.22. The molecule has 2 N–H and O–H groups in total. The molecule has 0 radical (unpaired) electrons. The fraction of sp³-hybridized carbons (Fsp3) is 0.537. The predicted molar refractivity (Wildman–Crippen MR) is 206 cm³/mol. The SMILES string of the molecule is CC(C)C.CC(C)N1CCCCC1.COC(=O)CNC(=O)/C(C)=C/[C@H](C(C)C)N(C)C(=O)CNC=O.Cc1ccc(C(=O)c2ccccc2)cc1. The van der Waals surface area contributed by atoms with Gasteiger partial charge in [-0.1, -0.05) is 107 Å². The van der Waals surface area contributed by atoms with E-state index in [-0.39, 0.29) is 36.7 Å². The molecule has 2 aromatic rings. The van der Waals surface area contributed by atoms with Crippen LogP contribution in [-0.2, 0) is 23.9 Å². The van der Waals surface area contributed by atoms with Gasteiger partial charge >= 0.3 is 5.97 Å². The van der Waals surface area contributed by atoms with Gasteiger partial charge in [0.15, 0.2) is 5.78 Å². The highest BCUT2D eigenvalue weighted by molar-refractivity contribution is 6.08. The van der Waals surface area contributed by atoms with Crippen LogP contribution < -0.4 is 10.6 Å². The first kappa shape index (κ1) is 46.7. The Labute approximate surface area is 307 Å². The Morgan fingerprint density at radius 3 is 1.82 bits per heavy atom. The van der Waals surface area contributed by atoms with Gasteiger partial charge in [0.05, 0.1) is 19.7 Å². The van der Waals surface area contributed by atoms with E-state index >= 15 is 0 Å². The molecule has 3 rings (SSSR count). The summed E-state index contributed by atoms with van der Waals surface area (Å²) in [7, 11) is 2.84. The highest BCUT2D eigenvalue weighted by Crippen LogP contribution is 2.14. The Bertz CT molecular complexity index is 1330. The number of hydrogen-bond donors (Lipinski definition) is 2. The number of esters is 1. The minimum Gasteiger partial charge on any atom is -0.468 e. The standard InChI is InChI=1S/C15H25N3O5.C14H12O.C8H17N.C4H10/c1-10(2)12(18(4)13(20)7-16-9-19)6-11(3)15(22)17-8-14(21)23-5;1-11-7-9-13(10-8-11)14(15)12-5-3-2-4-6-12;1-8(2)9-6-4-3-5-7-9;1-4(2)3/h6,9-10,12H,7-8H2,1-5H3,(H,16,19)(H,17,22);2-10H,1H3;8H,3-7H2,1-2H3;4H,1-3H3/b11-6+;;;/t12-;;;/m1.../s1. The summed E-state index contributed by atoms with van der Waals surface area (Å²) in [6.07, 6.45) is 6.40. The lowest BCUT2D eigenvalue weighted by Crippen LogP contribution is -2.43. The molecular formula is C41H64N4O6. The lowest BCUT2D eigenvalue weighted by Gasteiger charge is -2.29. The average Bonchev–Trinajstić information content (AvgIpc) is 3.12. The molecule has 0 aliphatic carbocycles. The quantitative estimate of drug-likeness (QED) is 0.116. The lowest BCUT2D eigenvalue weighted by molar-refractivity contribution is -0.140. The number of benzene rings is 2. The van der Waals surface area contributed by atoms with E-state index in [1.54, 1.807) is 20.0 Å². The fourth-order valence-corrected chi connectivity index (χ4v) is 4.76. The van der Waals surface area contributed by atoms with Crippen LogP contribution in [0.2, 0.25) is 0 Å². The van der Waals surface area contributed by atoms with Crippen molar-refractivity contribution in [3.05, 3.63) is 82.9 Å². The van der Waals surface area contributed by atoms with E-state index in [1.165, 1.54) is 49.9 Å². The van der Waals surface area contributed by atoms with Crippen LogP contribution in [0.25, 0.3) is 0 Å². The third-order valence-electron chi connectivity index (χ3n) is 7.73. The Morgan fingerprint density at radius 2 is 1.37 bits per heavy atom. The first-order valence-corrected chi connectivity index (χ1v) is 17.9. The summed E-state index contributed by atoms with van der Waals surface area (Å²) >= 11 is 0. The number of ketones is 1. The van der Waals surface area contributed by atoms with Crippen molar-refractivity contribution in [3.8, 4) is 0 Å². The van der Waals surface area contributed by atoms with E-state index in [0.717, 1.165) is 23.1 Å². The molecule has 0 aromatic heterocycles. The van der Waals surface area contributed by atoms with Crippen molar-refractivity contribution in [1.29, 1.82) is 0 Å². The van der Waals surface area contributed by atoms with E-state index < -0.39 is 11.9 Å². The predicted octanol–water partition coefficient (Wildman–Crippen LogP) is 6.22. The maximum Gasteiger partial charge on any atom is 0.325 e. The van der Waals surface area contributed by atoms with Crippen LogP contribution in [0.3, 0.4) is 0 Å². The molecule has 1 heterocycles. The molecule has 0 saturated carbocycles. The Balaban J connectivity index is 0.000000754. The van der Waals surface area contributed by atoms with Crippen molar-refractivity contribution in [2.45, 2.75) is 93.7 Å². The van der Waals surface area contributed by atoms with Crippen molar-refractivity contribution >= 4 is 30.0 Å². The van der Waals surface area contributed by atoms with E-state index in [0.29, 0.717) is 12.0 Å². The molecule has 3 amide bonds. The fourth-order valence-electron chi connectivity index (χ4n) is 4.76. The summed E-state index contributed by atoms with van der Waals surface area (Å²) in [6.45, 7) is 20.8. The monoisotopic (exact) mass is 708 g/mol. The zero-order chi connectivity index (χ0) is 38.9. The smallest absolute Gasteiger partial charge is 0.325 e. The minimum atomic E-state index is -0.543. The van der Waals surface area contributed by atoms with Gasteiger partial charge in [0.1, 0.15) is 6.54 Å². The van der Waals surface area contributed by atoms with Crippen molar-refractivity contribution in [3.63, 3.8) is 0 Å². The molecule has 10 nitrogen and oxygen atoms in total. The van der Waals surface area contributed by atoms with Gasteiger partial charge in [0, 0.05) is 29.8 Å². The second kappa shape index (κ2) is 26.5. The number of hydrogen-bond acceptors (Lipinski definition) is 7. The molecular weight excluding hydrogens is 644 g/mol. The van der Waals surface area contributed by atoms with Crippen molar-refractivity contribution < 1.29 is 28.7 Å². The number of methoxy groups -OCH3 is 1. The third kappa shape index (κ3) is 20.8. The van der Waals surface area contributed by atoms with Crippen LogP contribution in [0.4, 0.5) is 0 Å². The van der Waals surface area contributed by atoms with Crippen molar-refractivity contribution in [2.75, 3.05) is 40.3 Å². The molecule has 0 spiro atoms. The first-order valence-electron chi connectivity index (χ1n) is 17.9. The molecule has 1 atom stereocenters. The summed E-state index contributed by atoms with van der Waals surface area (Å²) in [6, 6.07) is 17.4. The van der Waals surface area contributed by atoms with Crippen LogP contribution in [0, 0.1) is 18.8 Å². The lowest BCUT2D eigenvalue weighted by atomic mass is 10.00. The van der Waals surface area contributed by atoms with Gasteiger partial charge in [-0.2, -0.15) is 0 Å². The molecule has 0 unspecified atom stereocenters. The maximum atomic E-state index is 12.0. The Morgan fingerprint density at radius 1 is 0.843 bits per heavy atom. The number of amides is 3. The molecule has 10 heteroatoms. The molecule has 1 fully saturated rings. The van der Waals surface area contributed by atoms with Crippen LogP contribution in [0.5, 0.6) is 0 Å². The number of nitrogens with one attached hydrogen (secondary N) is 2. The largest absolute Gasteiger partial charge is 0.468 e. The van der Waals surface area contributed by atoms with Gasteiger partial charge in [-0.05, 0) is 65.5 Å². The third-order valence-corrected chi connectivity index (χ3v) is 7.73. The topological polar surface area (TPSA) is 125 Å². The van der Waals surface area contributed by atoms with Crippen LogP contribution in [-0.4, -0.2) is 92.2 Å². The molecule has 284 valence electrons. The highest BCUT2D eigenvalue weighted by atomic mass is 16.5. The molecule has 1 saturated heterocycles. The van der Waals surface area contributed by atoms with Gasteiger partial charge in [-0.15, -0.1) is 0 Å². The van der Waals surface area contributed by atoms with E-state index in [4.69, 9.17) is 0 Å². The maximum absolute atomic E-state index is 12.0. The van der Waals surface area contributed by atoms with E-state index in [2.05, 4.69) is 54.9 Å². The summed E-state index contributed by atoms with van der Waals surface area (Å²) < 4.78 is 4.45. The number of nitrogens with zero attached hydrogens (tertiary/aromatic N) is 2. The second-order valence-corrected chi connectivity index (χ2v) is 13.8. The molecule has 1 aliphatic rings. The molecule has 1 aliphatic heterocycles. The second-order valence-electron chi connectivity index (χ2n) is 13.8. The zero-order valence-corrected chi connectivity index (χ0v) is 33.0. The Kier molecular flexibility index (Phi) is 24.3. The number of aryl methyl sites for hydroxylation is 1. The molecule has 2 aromatic carbocycles. The number of carbonyl (C=O) groups excluding carboxylic acids is 5. The van der Waals surface area contributed by atoms with Crippen molar-refractivity contribution in [2.24, 2.45) is 11.8 Å². The van der Waals surface area contributed by atoms with Gasteiger partial charge in [0.2, 0.25) is 18.2 Å². The first-order chi connectivity index (χ1) is 24.0. The number of carbonyl (C=O) groups is 5. The number of likely N-dealkylation sites (tertiary alicyclic amines) is 1. The van der Waals surface area contributed by atoms with E-state index in [1.807, 2.05) is 75.4 Å². The van der Waals surface area contributed by atoms with Gasteiger partial charge in [-0.3, -0.25) is 24.0 Å². The number of piperidine rings is 1. The Hall–Kier alpha value is -4.31. The number of rotatable bonds is 12. The van der Waals surface area contributed by atoms with Crippen LogP contribution >= 0.6 is 0 Å². The number of ether oxygens (including phenoxy) is 1. The van der Waals surface area contributed by atoms with E-state index in [9.17, 15) is 24.0 Å². The zero-order valence-electron chi connectivity index (χ0n) is 33.0. The van der Waals surface area contributed by atoms with Gasteiger partial charge in [-0.25, -0.2) is 0 Å². The van der Waals surface area contributed by atoms with Crippen LogP contribution in [0.1, 0.15) is 96.1 Å². The average molecular weight is 709 g/mol. The summed E-state index contributed by atoms with van der Waals surface area (Å²) in [5.41, 5.74) is 3.03. The summed E-state index contributed by atoms with van der Waals surface area (Å²) in [4.78, 5) is 61.2. The minimum absolute atomic E-state index is 0.0588. The summed E-state index contributed by atoms with van der Waals surface area (Å²) in [5.74, 6) is -0.249.